The van der Waals surface area contributed by atoms with Crippen LogP contribution in [0.1, 0.15) is 12.8 Å². The molecule has 0 fully saturated rings. The molecule has 0 radical (unpaired) electrons. The maximum absolute atomic E-state index is 4.33. The van der Waals surface area contributed by atoms with Gasteiger partial charge < -0.3 is 10.6 Å². The molecular formula is C9H23ClN2S2. The molecule has 0 aromatic rings. The maximum Gasteiger partial charge on any atom is 0.0152 e. The molecule has 0 saturated heterocycles. The molecule has 0 aromatic heterocycles. The van der Waals surface area contributed by atoms with Crippen molar-refractivity contribution >= 4 is 37.7 Å². The summed E-state index contributed by atoms with van der Waals surface area (Å²) >= 11 is 8.61. The molecule has 0 aliphatic carbocycles. The number of rotatable bonds is 8. The summed E-state index contributed by atoms with van der Waals surface area (Å²) in [7, 11) is 3.99. The van der Waals surface area contributed by atoms with E-state index in [0.29, 0.717) is 12.0 Å². The Kier molecular flexibility index (Phi) is 14.8. The largest absolute Gasteiger partial charge is 0.319 e. The first-order chi connectivity index (χ1) is 6.28. The van der Waals surface area contributed by atoms with Crippen molar-refractivity contribution in [2.24, 2.45) is 5.92 Å². The fourth-order valence-electron chi connectivity index (χ4n) is 1.31. The molecule has 0 aliphatic heterocycles. The molecule has 0 unspecified atom stereocenters. The van der Waals surface area contributed by atoms with Crippen molar-refractivity contribution in [3.05, 3.63) is 0 Å². The minimum Gasteiger partial charge on any atom is -0.319 e. The fourth-order valence-corrected chi connectivity index (χ4v) is 1.99. The molecule has 0 heterocycles. The number of hydrogen-bond acceptors (Lipinski definition) is 4. The van der Waals surface area contributed by atoms with Crippen LogP contribution in [0.5, 0.6) is 0 Å². The van der Waals surface area contributed by atoms with E-state index in [1.807, 2.05) is 14.1 Å². The van der Waals surface area contributed by atoms with Crippen molar-refractivity contribution in [3.8, 4) is 0 Å². The van der Waals surface area contributed by atoms with E-state index in [-0.39, 0.29) is 12.4 Å². The van der Waals surface area contributed by atoms with Gasteiger partial charge in [0.05, 0.1) is 0 Å². The third-order valence-electron chi connectivity index (χ3n) is 2.30. The summed E-state index contributed by atoms with van der Waals surface area (Å²) in [5.41, 5.74) is 0. The van der Waals surface area contributed by atoms with Crippen LogP contribution in [-0.2, 0) is 0 Å². The smallest absolute Gasteiger partial charge is 0.0152 e. The van der Waals surface area contributed by atoms with Crippen molar-refractivity contribution in [3.63, 3.8) is 0 Å². The van der Waals surface area contributed by atoms with E-state index in [4.69, 9.17) is 0 Å². The van der Waals surface area contributed by atoms with Gasteiger partial charge in [0, 0.05) is 11.8 Å². The zero-order valence-corrected chi connectivity index (χ0v) is 11.6. The van der Waals surface area contributed by atoms with E-state index in [9.17, 15) is 0 Å². The second-order valence-electron chi connectivity index (χ2n) is 3.35. The predicted molar refractivity (Wildman–Crippen MR) is 74.5 cm³/mol. The third-order valence-corrected chi connectivity index (χ3v) is 3.26. The summed E-state index contributed by atoms with van der Waals surface area (Å²) in [5.74, 6) is 2.56. The van der Waals surface area contributed by atoms with Crippen molar-refractivity contribution < 1.29 is 0 Å². The number of nitrogens with one attached hydrogen (secondary N) is 2. The molecule has 2 N–H and O–H groups in total. The lowest BCUT2D eigenvalue weighted by atomic mass is 10.0. The Labute approximate surface area is 105 Å². The second kappa shape index (κ2) is 12.0. The maximum atomic E-state index is 4.33. The number of halogens is 1. The van der Waals surface area contributed by atoms with Crippen LogP contribution in [0.4, 0.5) is 0 Å². The first-order valence-electron chi connectivity index (χ1n) is 4.82. The highest BCUT2D eigenvalue weighted by molar-refractivity contribution is 7.80. The Morgan fingerprint density at radius 3 is 2.07 bits per heavy atom. The van der Waals surface area contributed by atoms with Crippen molar-refractivity contribution in [2.75, 3.05) is 32.1 Å². The molecular weight excluding hydrogens is 236 g/mol. The van der Waals surface area contributed by atoms with Gasteiger partial charge in [-0.25, -0.2) is 0 Å². The van der Waals surface area contributed by atoms with Crippen LogP contribution in [0.25, 0.3) is 0 Å². The lowest BCUT2D eigenvalue weighted by Crippen LogP contribution is -2.29. The summed E-state index contributed by atoms with van der Waals surface area (Å²) in [4.78, 5) is 0. The van der Waals surface area contributed by atoms with Gasteiger partial charge in [-0.05, 0) is 45.2 Å². The standard InChI is InChI=1S/C9H22N2S2.ClH/c1-10-5-8(6-12)3-4-9(7-13)11-2;/h8-13H,3-7H2,1-2H3;1H/t8-,9-;/m1./s1. The fraction of sp³-hybridized carbons (Fsp3) is 1.00. The number of thiol groups is 2. The molecule has 0 saturated carbocycles. The summed E-state index contributed by atoms with van der Waals surface area (Å²) in [5, 5.41) is 6.44. The van der Waals surface area contributed by atoms with Crippen molar-refractivity contribution in [1.82, 2.24) is 10.6 Å². The van der Waals surface area contributed by atoms with Gasteiger partial charge in [0.15, 0.2) is 0 Å². The van der Waals surface area contributed by atoms with Crippen molar-refractivity contribution in [1.29, 1.82) is 0 Å². The first-order valence-corrected chi connectivity index (χ1v) is 6.08. The van der Waals surface area contributed by atoms with E-state index >= 15 is 0 Å². The Hall–Kier alpha value is 0.910. The minimum absolute atomic E-state index is 0. The van der Waals surface area contributed by atoms with E-state index in [1.54, 1.807) is 0 Å². The molecule has 0 spiro atoms. The molecule has 14 heavy (non-hydrogen) atoms. The van der Waals surface area contributed by atoms with Crippen LogP contribution < -0.4 is 10.6 Å². The third kappa shape index (κ3) is 8.24. The normalized spacial score (nSPS) is 14.6. The highest BCUT2D eigenvalue weighted by Gasteiger charge is 2.09. The van der Waals surface area contributed by atoms with Crippen LogP contribution in [0.3, 0.4) is 0 Å². The van der Waals surface area contributed by atoms with Crippen LogP contribution in [0, 0.1) is 5.92 Å². The SMILES string of the molecule is CNC[C@H](CS)CC[C@H](CS)NC.Cl. The first kappa shape index (κ1) is 17.3. The Morgan fingerprint density at radius 1 is 1.07 bits per heavy atom. The summed E-state index contributed by atoms with van der Waals surface area (Å²) in [6.45, 7) is 1.06. The van der Waals surface area contributed by atoms with Gasteiger partial charge in [-0.3, -0.25) is 0 Å². The van der Waals surface area contributed by atoms with Crippen LogP contribution in [0.2, 0.25) is 0 Å². The van der Waals surface area contributed by atoms with E-state index in [1.165, 1.54) is 12.8 Å². The minimum atomic E-state index is 0. The van der Waals surface area contributed by atoms with Gasteiger partial charge >= 0.3 is 0 Å². The molecule has 2 nitrogen and oxygen atoms in total. The van der Waals surface area contributed by atoms with Gasteiger partial charge in [-0.15, -0.1) is 12.4 Å². The molecule has 0 aliphatic rings. The van der Waals surface area contributed by atoms with Crippen LogP contribution in [-0.4, -0.2) is 38.2 Å². The quantitative estimate of drug-likeness (QED) is 0.496. The van der Waals surface area contributed by atoms with Crippen molar-refractivity contribution in [2.45, 2.75) is 18.9 Å². The lowest BCUT2D eigenvalue weighted by molar-refractivity contribution is 0.448. The topological polar surface area (TPSA) is 24.1 Å². The van der Waals surface area contributed by atoms with Crippen LogP contribution >= 0.6 is 37.7 Å². The van der Waals surface area contributed by atoms with E-state index < -0.39 is 0 Å². The van der Waals surface area contributed by atoms with Crippen LogP contribution in [0.15, 0.2) is 0 Å². The second-order valence-corrected chi connectivity index (χ2v) is 4.08. The molecule has 0 amide bonds. The molecule has 88 valence electrons. The van der Waals surface area contributed by atoms with Gasteiger partial charge in [0.25, 0.3) is 0 Å². The van der Waals surface area contributed by atoms with E-state index in [0.717, 1.165) is 18.1 Å². The van der Waals surface area contributed by atoms with Gasteiger partial charge in [0.2, 0.25) is 0 Å². The van der Waals surface area contributed by atoms with E-state index in [2.05, 4.69) is 35.9 Å². The molecule has 0 bridgehead atoms. The molecule has 0 rings (SSSR count). The predicted octanol–water partition coefficient (Wildman–Crippen LogP) is 1.47. The molecule has 0 aromatic carbocycles. The average Bonchev–Trinajstić information content (AvgIpc) is 2.17. The Morgan fingerprint density at radius 2 is 1.71 bits per heavy atom. The summed E-state index contributed by atoms with van der Waals surface area (Å²) < 4.78 is 0. The summed E-state index contributed by atoms with van der Waals surface area (Å²) in [6.07, 6.45) is 2.41. The zero-order chi connectivity index (χ0) is 10.1. The van der Waals surface area contributed by atoms with Gasteiger partial charge in [0.1, 0.15) is 0 Å². The Balaban J connectivity index is 0. The zero-order valence-electron chi connectivity index (χ0n) is 8.99. The average molecular weight is 259 g/mol. The highest BCUT2D eigenvalue weighted by atomic mass is 35.5. The molecule has 5 heteroatoms. The monoisotopic (exact) mass is 258 g/mol. The van der Waals surface area contributed by atoms with Gasteiger partial charge in [-0.2, -0.15) is 25.3 Å². The highest BCUT2D eigenvalue weighted by Crippen LogP contribution is 2.10. The Bertz CT molecular complexity index is 113. The van der Waals surface area contributed by atoms with Gasteiger partial charge in [-0.1, -0.05) is 0 Å². The number of hydrogen-bond donors (Lipinski definition) is 4. The summed E-state index contributed by atoms with van der Waals surface area (Å²) in [6, 6.07) is 0.544. The molecule has 2 atom stereocenters. The lowest BCUT2D eigenvalue weighted by Gasteiger charge is -2.18.